The summed E-state index contributed by atoms with van der Waals surface area (Å²) in [6.45, 7) is 2.01. The van der Waals surface area contributed by atoms with E-state index in [2.05, 4.69) is 9.97 Å². The van der Waals surface area contributed by atoms with Gasteiger partial charge in [-0.3, -0.25) is 9.36 Å². The predicted molar refractivity (Wildman–Crippen MR) is 70.8 cm³/mol. The number of nitrogens with zero attached hydrogens (tertiary/aromatic N) is 3. The first kappa shape index (κ1) is 11.5. The van der Waals surface area contributed by atoms with Crippen molar-refractivity contribution in [1.29, 1.82) is 0 Å². The van der Waals surface area contributed by atoms with E-state index in [1.54, 1.807) is 25.1 Å². The minimum absolute atomic E-state index is 0.136. The van der Waals surface area contributed by atoms with Crippen LogP contribution < -0.4 is 11.3 Å². The van der Waals surface area contributed by atoms with Gasteiger partial charge in [0.25, 0.3) is 5.56 Å². The number of anilines is 1. The molecule has 2 N–H and O–H groups in total. The van der Waals surface area contributed by atoms with Crippen LogP contribution in [0.15, 0.2) is 39.8 Å². The van der Waals surface area contributed by atoms with E-state index in [0.717, 1.165) is 0 Å². The zero-order valence-corrected chi connectivity index (χ0v) is 10.3. The van der Waals surface area contributed by atoms with Gasteiger partial charge in [0.15, 0.2) is 5.58 Å². The van der Waals surface area contributed by atoms with Crippen LogP contribution in [0.4, 0.5) is 5.69 Å². The number of fused-ring (bicyclic) bond motifs is 1. The fraction of sp³-hybridized carbons (Fsp3) is 0.154. The normalized spacial score (nSPS) is 11.0. The third-order valence-electron chi connectivity index (χ3n) is 2.82. The van der Waals surface area contributed by atoms with Gasteiger partial charge < -0.3 is 10.2 Å². The molecular formula is C13H12N4O2. The van der Waals surface area contributed by atoms with Gasteiger partial charge in [-0.15, -0.1) is 0 Å². The quantitative estimate of drug-likeness (QED) is 0.699. The maximum absolute atomic E-state index is 11.8. The molecule has 0 aliphatic rings. The van der Waals surface area contributed by atoms with Gasteiger partial charge in [0, 0.05) is 11.8 Å². The van der Waals surface area contributed by atoms with Crippen LogP contribution in [0.3, 0.4) is 0 Å². The molecule has 0 radical (unpaired) electrons. The highest BCUT2D eigenvalue weighted by molar-refractivity contribution is 5.85. The average Bonchev–Trinajstić information content (AvgIpc) is 2.77. The van der Waals surface area contributed by atoms with Crippen molar-refractivity contribution >= 4 is 16.8 Å². The van der Waals surface area contributed by atoms with Crippen LogP contribution in [0.2, 0.25) is 0 Å². The Labute approximate surface area is 108 Å². The molecule has 0 fully saturated rings. The van der Waals surface area contributed by atoms with Crippen LogP contribution in [-0.4, -0.2) is 14.5 Å². The first-order valence-corrected chi connectivity index (χ1v) is 5.80. The Morgan fingerprint density at radius 3 is 3.00 bits per heavy atom. The molecule has 3 rings (SSSR count). The summed E-state index contributed by atoms with van der Waals surface area (Å²) in [5.41, 5.74) is 8.14. The molecular weight excluding hydrogens is 244 g/mol. The molecule has 0 aliphatic heterocycles. The first-order valence-electron chi connectivity index (χ1n) is 5.80. The van der Waals surface area contributed by atoms with Gasteiger partial charge in [0.1, 0.15) is 12.1 Å². The molecule has 1 aromatic carbocycles. The number of benzene rings is 1. The Morgan fingerprint density at radius 2 is 2.26 bits per heavy atom. The van der Waals surface area contributed by atoms with E-state index < -0.39 is 0 Å². The van der Waals surface area contributed by atoms with Crippen molar-refractivity contribution in [3.05, 3.63) is 52.5 Å². The van der Waals surface area contributed by atoms with Crippen LogP contribution in [0, 0.1) is 6.92 Å². The Kier molecular flexibility index (Phi) is 2.56. The molecule has 0 saturated carbocycles. The number of hydrogen-bond acceptors (Lipinski definition) is 5. The number of nitrogens with two attached hydrogens (primary N) is 1. The number of nitrogen functional groups attached to an aromatic ring is 1. The number of hydrogen-bond donors (Lipinski definition) is 1. The van der Waals surface area contributed by atoms with Gasteiger partial charge in [-0.2, -0.15) is 0 Å². The lowest BCUT2D eigenvalue weighted by Crippen LogP contribution is -2.20. The molecule has 6 nitrogen and oxygen atoms in total. The highest BCUT2D eigenvalue weighted by atomic mass is 16.3. The second-order valence-corrected chi connectivity index (χ2v) is 4.30. The Morgan fingerprint density at radius 1 is 1.42 bits per heavy atom. The lowest BCUT2D eigenvalue weighted by molar-refractivity contribution is 0.501. The maximum Gasteiger partial charge on any atom is 0.253 e. The number of para-hydroxylation sites is 1. The molecule has 2 aromatic heterocycles. The number of oxazole rings is 1. The average molecular weight is 256 g/mol. The smallest absolute Gasteiger partial charge is 0.253 e. The van der Waals surface area contributed by atoms with Crippen LogP contribution >= 0.6 is 0 Å². The second-order valence-electron chi connectivity index (χ2n) is 4.30. The van der Waals surface area contributed by atoms with Gasteiger partial charge in [0.05, 0.1) is 12.0 Å². The highest BCUT2D eigenvalue weighted by Gasteiger charge is 2.09. The number of aryl methyl sites for hydroxylation is 1. The summed E-state index contributed by atoms with van der Waals surface area (Å²) in [6, 6.07) is 6.82. The maximum atomic E-state index is 11.8. The van der Waals surface area contributed by atoms with Crippen molar-refractivity contribution in [3.63, 3.8) is 0 Å². The van der Waals surface area contributed by atoms with Crippen molar-refractivity contribution in [1.82, 2.24) is 14.5 Å². The third kappa shape index (κ3) is 2.08. The van der Waals surface area contributed by atoms with Gasteiger partial charge in [0.2, 0.25) is 5.89 Å². The van der Waals surface area contributed by atoms with Crippen molar-refractivity contribution in [2.24, 2.45) is 0 Å². The zero-order chi connectivity index (χ0) is 13.4. The largest absolute Gasteiger partial charge is 0.439 e. The molecule has 2 heterocycles. The van der Waals surface area contributed by atoms with E-state index in [0.29, 0.717) is 28.4 Å². The molecule has 0 aliphatic carbocycles. The highest BCUT2D eigenvalue weighted by Crippen LogP contribution is 2.21. The van der Waals surface area contributed by atoms with Crippen molar-refractivity contribution in [2.45, 2.75) is 13.5 Å². The zero-order valence-electron chi connectivity index (χ0n) is 10.3. The summed E-state index contributed by atoms with van der Waals surface area (Å²) in [7, 11) is 0. The van der Waals surface area contributed by atoms with Gasteiger partial charge >= 0.3 is 0 Å². The van der Waals surface area contributed by atoms with Crippen LogP contribution in [-0.2, 0) is 6.54 Å². The lowest BCUT2D eigenvalue weighted by atomic mass is 10.3. The minimum atomic E-state index is -0.136. The minimum Gasteiger partial charge on any atom is -0.439 e. The van der Waals surface area contributed by atoms with E-state index in [1.165, 1.54) is 17.0 Å². The molecule has 6 heteroatoms. The summed E-state index contributed by atoms with van der Waals surface area (Å²) in [6.07, 6.45) is 1.48. The molecule has 0 bridgehead atoms. The van der Waals surface area contributed by atoms with E-state index in [9.17, 15) is 4.79 Å². The summed E-state index contributed by atoms with van der Waals surface area (Å²) in [5, 5.41) is 0. The monoisotopic (exact) mass is 256 g/mol. The van der Waals surface area contributed by atoms with Crippen molar-refractivity contribution in [2.75, 3.05) is 5.73 Å². The summed E-state index contributed by atoms with van der Waals surface area (Å²) < 4.78 is 7.00. The second kappa shape index (κ2) is 4.24. The molecule has 0 atom stereocenters. The molecule has 0 unspecified atom stereocenters. The predicted octanol–water partition coefficient (Wildman–Crippen LogP) is 1.32. The molecule has 3 aromatic rings. The van der Waals surface area contributed by atoms with Crippen LogP contribution in [0.5, 0.6) is 0 Å². The van der Waals surface area contributed by atoms with E-state index in [1.807, 2.05) is 0 Å². The Bertz CT molecular complexity index is 804. The summed E-state index contributed by atoms with van der Waals surface area (Å²) >= 11 is 0. The van der Waals surface area contributed by atoms with Gasteiger partial charge in [-0.05, 0) is 19.1 Å². The molecule has 0 saturated heterocycles. The Balaban J connectivity index is 2.01. The van der Waals surface area contributed by atoms with Gasteiger partial charge in [-0.1, -0.05) is 6.07 Å². The number of rotatable bonds is 2. The first-order chi connectivity index (χ1) is 9.13. The van der Waals surface area contributed by atoms with E-state index in [4.69, 9.17) is 10.2 Å². The fourth-order valence-electron chi connectivity index (χ4n) is 1.86. The number of aromatic nitrogens is 3. The lowest BCUT2D eigenvalue weighted by Gasteiger charge is -2.00. The molecule has 19 heavy (non-hydrogen) atoms. The van der Waals surface area contributed by atoms with E-state index in [-0.39, 0.29) is 12.1 Å². The van der Waals surface area contributed by atoms with Crippen LogP contribution in [0.25, 0.3) is 11.1 Å². The van der Waals surface area contributed by atoms with E-state index >= 15 is 0 Å². The fourth-order valence-corrected chi connectivity index (χ4v) is 1.86. The van der Waals surface area contributed by atoms with Gasteiger partial charge in [-0.25, -0.2) is 9.97 Å². The van der Waals surface area contributed by atoms with Crippen molar-refractivity contribution < 1.29 is 4.42 Å². The molecule has 0 spiro atoms. The Hall–Kier alpha value is -2.63. The third-order valence-corrected chi connectivity index (χ3v) is 2.82. The molecule has 0 amide bonds. The summed E-state index contributed by atoms with van der Waals surface area (Å²) in [5.74, 6) is 0.431. The topological polar surface area (TPSA) is 86.9 Å². The van der Waals surface area contributed by atoms with Crippen molar-refractivity contribution in [3.8, 4) is 0 Å². The standard InChI is InChI=1S/C13H12N4O2/c1-8-5-12(18)17(7-15-8)6-11-16-13-9(14)3-2-4-10(13)19-11/h2-5,7H,6,14H2,1H3. The molecule has 96 valence electrons. The SMILES string of the molecule is Cc1cc(=O)n(Cc2nc3c(N)cccc3o2)cn1. The van der Waals surface area contributed by atoms with Crippen LogP contribution in [0.1, 0.15) is 11.6 Å². The summed E-state index contributed by atoms with van der Waals surface area (Å²) in [4.78, 5) is 20.1.